The van der Waals surface area contributed by atoms with Crippen LogP contribution in [-0.2, 0) is 11.3 Å². The molecule has 3 heteroatoms. The van der Waals surface area contributed by atoms with Crippen LogP contribution < -0.4 is 11.1 Å². The van der Waals surface area contributed by atoms with Crippen molar-refractivity contribution in [2.75, 3.05) is 0 Å². The summed E-state index contributed by atoms with van der Waals surface area (Å²) in [7, 11) is 0. The van der Waals surface area contributed by atoms with E-state index in [0.29, 0.717) is 18.9 Å². The van der Waals surface area contributed by atoms with Crippen LogP contribution in [0.2, 0.25) is 0 Å². The van der Waals surface area contributed by atoms with Gasteiger partial charge in [0.15, 0.2) is 0 Å². The van der Waals surface area contributed by atoms with Gasteiger partial charge in [-0.1, -0.05) is 56.3 Å². The Morgan fingerprint density at radius 3 is 2.60 bits per heavy atom. The summed E-state index contributed by atoms with van der Waals surface area (Å²) in [5.41, 5.74) is 7.00. The molecule has 0 fully saturated rings. The van der Waals surface area contributed by atoms with Crippen LogP contribution in [0.5, 0.6) is 0 Å². The molecular weight excluding hydrogens is 248 g/mol. The number of benzene rings is 2. The second kappa shape index (κ2) is 6.53. The number of hydrogen-bond acceptors (Lipinski definition) is 2. The molecule has 3 N–H and O–H groups in total. The highest BCUT2D eigenvalue weighted by atomic mass is 16.2. The zero-order chi connectivity index (χ0) is 14.5. The Morgan fingerprint density at radius 1 is 1.15 bits per heavy atom. The number of carbonyl (C=O) groups excluding carboxylic acids is 1. The SMILES string of the molecule is CC(C)CC(N)C(=O)NCc1cccc2ccccc12. The van der Waals surface area contributed by atoms with E-state index in [2.05, 4.69) is 37.4 Å². The average Bonchev–Trinajstić information content (AvgIpc) is 2.44. The van der Waals surface area contributed by atoms with E-state index in [9.17, 15) is 4.79 Å². The monoisotopic (exact) mass is 270 g/mol. The number of rotatable bonds is 5. The Bertz CT molecular complexity index is 587. The minimum atomic E-state index is -0.426. The third-order valence-corrected chi connectivity index (χ3v) is 3.40. The van der Waals surface area contributed by atoms with Crippen molar-refractivity contribution >= 4 is 16.7 Å². The molecule has 1 amide bonds. The molecule has 0 aliphatic rings. The van der Waals surface area contributed by atoms with Gasteiger partial charge in [0.25, 0.3) is 0 Å². The van der Waals surface area contributed by atoms with E-state index in [1.54, 1.807) is 0 Å². The molecule has 0 spiro atoms. The highest BCUT2D eigenvalue weighted by Gasteiger charge is 2.14. The van der Waals surface area contributed by atoms with E-state index < -0.39 is 6.04 Å². The van der Waals surface area contributed by atoms with Gasteiger partial charge in [-0.25, -0.2) is 0 Å². The molecule has 20 heavy (non-hydrogen) atoms. The van der Waals surface area contributed by atoms with E-state index in [0.717, 1.165) is 5.56 Å². The van der Waals surface area contributed by atoms with Gasteiger partial charge in [0.1, 0.15) is 0 Å². The van der Waals surface area contributed by atoms with Crippen LogP contribution in [-0.4, -0.2) is 11.9 Å². The van der Waals surface area contributed by atoms with Crippen molar-refractivity contribution in [3.8, 4) is 0 Å². The van der Waals surface area contributed by atoms with Gasteiger partial charge < -0.3 is 11.1 Å². The molecular formula is C17H22N2O. The van der Waals surface area contributed by atoms with Crippen molar-refractivity contribution in [1.29, 1.82) is 0 Å². The van der Waals surface area contributed by atoms with Crippen LogP contribution in [0.3, 0.4) is 0 Å². The Balaban J connectivity index is 2.04. The van der Waals surface area contributed by atoms with Gasteiger partial charge in [0, 0.05) is 6.54 Å². The molecule has 1 unspecified atom stereocenters. The van der Waals surface area contributed by atoms with Crippen LogP contribution in [0.4, 0.5) is 0 Å². The van der Waals surface area contributed by atoms with Gasteiger partial charge in [-0.2, -0.15) is 0 Å². The Labute approximate surface area is 120 Å². The van der Waals surface area contributed by atoms with Crippen LogP contribution in [0.25, 0.3) is 10.8 Å². The topological polar surface area (TPSA) is 55.1 Å². The third kappa shape index (κ3) is 3.58. The van der Waals surface area contributed by atoms with E-state index in [4.69, 9.17) is 5.73 Å². The number of carbonyl (C=O) groups is 1. The zero-order valence-corrected chi connectivity index (χ0v) is 12.1. The van der Waals surface area contributed by atoms with Gasteiger partial charge in [0.05, 0.1) is 6.04 Å². The normalized spacial score (nSPS) is 12.6. The number of amides is 1. The molecule has 2 aromatic carbocycles. The maximum absolute atomic E-state index is 12.0. The van der Waals surface area contributed by atoms with Crippen LogP contribution in [0.15, 0.2) is 42.5 Å². The first-order chi connectivity index (χ1) is 9.58. The van der Waals surface area contributed by atoms with E-state index in [-0.39, 0.29) is 5.91 Å². The van der Waals surface area contributed by atoms with E-state index in [1.807, 2.05) is 24.3 Å². The van der Waals surface area contributed by atoms with Crippen molar-refractivity contribution in [2.45, 2.75) is 32.9 Å². The van der Waals surface area contributed by atoms with Gasteiger partial charge in [-0.15, -0.1) is 0 Å². The highest BCUT2D eigenvalue weighted by molar-refractivity contribution is 5.86. The molecule has 2 rings (SSSR count). The lowest BCUT2D eigenvalue weighted by atomic mass is 10.0. The number of fused-ring (bicyclic) bond motifs is 1. The molecule has 0 saturated heterocycles. The second-order valence-corrected chi connectivity index (χ2v) is 5.59. The van der Waals surface area contributed by atoms with E-state index in [1.165, 1.54) is 10.8 Å². The van der Waals surface area contributed by atoms with Gasteiger partial charge in [-0.05, 0) is 28.7 Å². The first-order valence-corrected chi connectivity index (χ1v) is 7.08. The summed E-state index contributed by atoms with van der Waals surface area (Å²) in [4.78, 5) is 12.0. The van der Waals surface area contributed by atoms with Crippen molar-refractivity contribution in [2.24, 2.45) is 11.7 Å². The Kier molecular flexibility index (Phi) is 4.74. The summed E-state index contributed by atoms with van der Waals surface area (Å²) < 4.78 is 0. The van der Waals surface area contributed by atoms with Crippen molar-refractivity contribution in [1.82, 2.24) is 5.32 Å². The van der Waals surface area contributed by atoms with Crippen molar-refractivity contribution in [3.05, 3.63) is 48.0 Å². The molecule has 0 bridgehead atoms. The fourth-order valence-corrected chi connectivity index (χ4v) is 2.37. The molecule has 0 radical (unpaired) electrons. The maximum Gasteiger partial charge on any atom is 0.237 e. The maximum atomic E-state index is 12.0. The summed E-state index contributed by atoms with van der Waals surface area (Å²) in [5.74, 6) is 0.347. The van der Waals surface area contributed by atoms with E-state index >= 15 is 0 Å². The Hall–Kier alpha value is -1.87. The standard InChI is InChI=1S/C17H22N2O/c1-12(2)10-16(18)17(20)19-11-14-8-5-7-13-6-3-4-9-15(13)14/h3-9,12,16H,10-11,18H2,1-2H3,(H,19,20). The van der Waals surface area contributed by atoms with Crippen LogP contribution in [0.1, 0.15) is 25.8 Å². The molecule has 0 saturated carbocycles. The number of nitrogens with one attached hydrogen (secondary N) is 1. The molecule has 0 aliphatic carbocycles. The molecule has 3 nitrogen and oxygen atoms in total. The molecule has 0 aliphatic heterocycles. The summed E-state index contributed by atoms with van der Waals surface area (Å²) in [6.07, 6.45) is 0.710. The summed E-state index contributed by atoms with van der Waals surface area (Å²) in [6.45, 7) is 4.65. The van der Waals surface area contributed by atoms with Crippen LogP contribution >= 0.6 is 0 Å². The lowest BCUT2D eigenvalue weighted by molar-refractivity contribution is -0.122. The lowest BCUT2D eigenvalue weighted by Crippen LogP contribution is -2.41. The molecule has 0 heterocycles. The fourth-order valence-electron chi connectivity index (χ4n) is 2.37. The average molecular weight is 270 g/mol. The first kappa shape index (κ1) is 14.5. The molecule has 2 aromatic rings. The molecule has 1 atom stereocenters. The molecule has 106 valence electrons. The van der Waals surface area contributed by atoms with Gasteiger partial charge in [-0.3, -0.25) is 4.79 Å². The van der Waals surface area contributed by atoms with Gasteiger partial charge in [0.2, 0.25) is 5.91 Å². The summed E-state index contributed by atoms with van der Waals surface area (Å²) >= 11 is 0. The quantitative estimate of drug-likeness (QED) is 0.877. The number of nitrogens with two attached hydrogens (primary N) is 1. The minimum absolute atomic E-state index is 0.0772. The molecule has 0 aromatic heterocycles. The predicted molar refractivity (Wildman–Crippen MR) is 83.2 cm³/mol. The number of hydrogen-bond donors (Lipinski definition) is 2. The minimum Gasteiger partial charge on any atom is -0.351 e. The lowest BCUT2D eigenvalue weighted by Gasteiger charge is -2.14. The second-order valence-electron chi connectivity index (χ2n) is 5.59. The van der Waals surface area contributed by atoms with Crippen molar-refractivity contribution in [3.63, 3.8) is 0 Å². The first-order valence-electron chi connectivity index (χ1n) is 7.08. The third-order valence-electron chi connectivity index (χ3n) is 3.40. The van der Waals surface area contributed by atoms with Crippen LogP contribution in [0, 0.1) is 5.92 Å². The smallest absolute Gasteiger partial charge is 0.237 e. The largest absolute Gasteiger partial charge is 0.351 e. The van der Waals surface area contributed by atoms with Gasteiger partial charge >= 0.3 is 0 Å². The fraction of sp³-hybridized carbons (Fsp3) is 0.353. The summed E-state index contributed by atoms with van der Waals surface area (Å²) in [5, 5.41) is 5.29. The Morgan fingerprint density at radius 2 is 1.85 bits per heavy atom. The summed E-state index contributed by atoms with van der Waals surface area (Å²) in [6, 6.07) is 13.9. The zero-order valence-electron chi connectivity index (χ0n) is 12.1. The highest BCUT2D eigenvalue weighted by Crippen LogP contribution is 2.18. The van der Waals surface area contributed by atoms with Crippen molar-refractivity contribution < 1.29 is 4.79 Å². The predicted octanol–water partition coefficient (Wildman–Crippen LogP) is 2.83.